The van der Waals surface area contributed by atoms with Gasteiger partial charge in [0.05, 0.1) is 11.6 Å². The fraction of sp³-hybridized carbons (Fsp3) is 0.150. The highest BCUT2D eigenvalue weighted by Crippen LogP contribution is 2.27. The second-order valence-electron chi connectivity index (χ2n) is 5.50. The number of nitrogens with one attached hydrogen (secondary N) is 1. The summed E-state index contributed by atoms with van der Waals surface area (Å²) in [6.07, 6.45) is 1.01. The zero-order valence-electron chi connectivity index (χ0n) is 13.3. The van der Waals surface area contributed by atoms with Crippen LogP contribution in [0, 0.1) is 0 Å². The van der Waals surface area contributed by atoms with Crippen LogP contribution in [0.25, 0.3) is 0 Å². The van der Waals surface area contributed by atoms with E-state index in [2.05, 4.69) is 58.5 Å². The van der Waals surface area contributed by atoms with E-state index >= 15 is 0 Å². The van der Waals surface area contributed by atoms with Crippen molar-refractivity contribution in [2.45, 2.75) is 19.4 Å². The highest BCUT2D eigenvalue weighted by molar-refractivity contribution is 9.10. The van der Waals surface area contributed by atoms with Crippen LogP contribution in [-0.2, 0) is 6.42 Å². The summed E-state index contributed by atoms with van der Waals surface area (Å²) in [6, 6.07) is 19.9. The molecule has 4 heteroatoms. The summed E-state index contributed by atoms with van der Waals surface area (Å²) in [5, 5.41) is 5.21. The number of carbonyl (C=O) groups is 1. The molecular formula is C20H18BrNOS. The standard InChI is InChI=1S/C20H18BrNOS/c1-2-14-9-11-15(12-10-14)19(18-8-5-13-24-18)22-20(23)16-6-3-4-7-17(16)21/h3-13,19H,2H2,1H3,(H,22,23)/t19-/m0/s1. The zero-order chi connectivity index (χ0) is 16.9. The Labute approximate surface area is 154 Å². The molecule has 1 N–H and O–H groups in total. The first-order valence-corrected chi connectivity index (χ1v) is 9.54. The molecule has 3 rings (SSSR count). The quantitative estimate of drug-likeness (QED) is 0.594. The molecule has 1 heterocycles. The predicted molar refractivity (Wildman–Crippen MR) is 104 cm³/mol. The Balaban J connectivity index is 1.91. The minimum atomic E-state index is -0.143. The molecule has 0 saturated heterocycles. The molecule has 0 aliphatic heterocycles. The van der Waals surface area contributed by atoms with E-state index in [0.717, 1.165) is 21.3 Å². The molecule has 3 aromatic rings. The first kappa shape index (κ1) is 16.9. The molecule has 122 valence electrons. The van der Waals surface area contributed by atoms with E-state index < -0.39 is 0 Å². The number of carbonyl (C=O) groups excluding carboxylic acids is 1. The Kier molecular flexibility index (Phi) is 5.48. The van der Waals surface area contributed by atoms with Gasteiger partial charge >= 0.3 is 0 Å². The van der Waals surface area contributed by atoms with Gasteiger partial charge in [-0.05, 0) is 57.1 Å². The molecule has 2 aromatic carbocycles. The van der Waals surface area contributed by atoms with Gasteiger partial charge in [0.15, 0.2) is 0 Å². The Hall–Kier alpha value is -1.91. The molecule has 0 spiro atoms. The lowest BCUT2D eigenvalue weighted by Gasteiger charge is -2.19. The van der Waals surface area contributed by atoms with Crippen LogP contribution in [0.1, 0.15) is 39.3 Å². The summed E-state index contributed by atoms with van der Waals surface area (Å²) in [7, 11) is 0. The maximum Gasteiger partial charge on any atom is 0.253 e. The zero-order valence-corrected chi connectivity index (χ0v) is 15.7. The molecule has 1 aromatic heterocycles. The van der Waals surface area contributed by atoms with Crippen molar-refractivity contribution in [3.05, 3.63) is 92.1 Å². The van der Waals surface area contributed by atoms with Crippen molar-refractivity contribution in [1.82, 2.24) is 5.32 Å². The lowest BCUT2D eigenvalue weighted by Crippen LogP contribution is -2.29. The van der Waals surface area contributed by atoms with Crippen LogP contribution in [0.4, 0.5) is 0 Å². The number of hydrogen-bond donors (Lipinski definition) is 1. The Morgan fingerprint density at radius 2 is 1.83 bits per heavy atom. The Morgan fingerprint density at radius 3 is 2.46 bits per heavy atom. The second kappa shape index (κ2) is 7.77. The third-order valence-corrected chi connectivity index (χ3v) is 5.57. The first-order valence-electron chi connectivity index (χ1n) is 7.86. The number of halogens is 1. The maximum absolute atomic E-state index is 12.7. The Bertz CT molecular complexity index is 812. The van der Waals surface area contributed by atoms with Gasteiger partial charge in [-0.3, -0.25) is 4.79 Å². The number of hydrogen-bond acceptors (Lipinski definition) is 2. The van der Waals surface area contributed by atoms with Crippen LogP contribution in [0.15, 0.2) is 70.5 Å². The van der Waals surface area contributed by atoms with Crippen molar-refractivity contribution < 1.29 is 4.79 Å². The summed E-state index contributed by atoms with van der Waals surface area (Å²) >= 11 is 5.10. The SMILES string of the molecule is CCc1ccc([C@H](NC(=O)c2ccccc2Br)c2cccs2)cc1. The van der Waals surface area contributed by atoms with Crippen molar-refractivity contribution >= 4 is 33.2 Å². The first-order chi connectivity index (χ1) is 11.7. The van der Waals surface area contributed by atoms with Gasteiger partial charge in [-0.1, -0.05) is 49.4 Å². The number of aryl methyl sites for hydroxylation is 1. The molecule has 0 aliphatic carbocycles. The maximum atomic E-state index is 12.7. The summed E-state index contributed by atoms with van der Waals surface area (Å²) in [6.45, 7) is 2.14. The lowest BCUT2D eigenvalue weighted by atomic mass is 10.0. The van der Waals surface area contributed by atoms with Crippen molar-refractivity contribution in [3.63, 3.8) is 0 Å². The van der Waals surface area contributed by atoms with E-state index in [1.54, 1.807) is 11.3 Å². The minimum Gasteiger partial charge on any atom is -0.340 e. The van der Waals surface area contributed by atoms with Crippen molar-refractivity contribution in [2.75, 3.05) is 0 Å². The molecule has 1 amide bonds. The minimum absolute atomic E-state index is 0.0829. The third-order valence-electron chi connectivity index (χ3n) is 3.94. The Morgan fingerprint density at radius 1 is 1.08 bits per heavy atom. The number of benzene rings is 2. The molecule has 0 fully saturated rings. The number of thiophene rings is 1. The van der Waals surface area contributed by atoms with Gasteiger partial charge in [0.25, 0.3) is 5.91 Å². The van der Waals surface area contributed by atoms with Crippen molar-refractivity contribution in [2.24, 2.45) is 0 Å². The van der Waals surface area contributed by atoms with Gasteiger partial charge in [-0.15, -0.1) is 11.3 Å². The smallest absolute Gasteiger partial charge is 0.253 e. The fourth-order valence-electron chi connectivity index (χ4n) is 2.57. The molecular weight excluding hydrogens is 382 g/mol. The highest BCUT2D eigenvalue weighted by Gasteiger charge is 2.19. The van der Waals surface area contributed by atoms with Gasteiger partial charge in [-0.2, -0.15) is 0 Å². The molecule has 1 atom stereocenters. The van der Waals surface area contributed by atoms with Crippen LogP contribution in [0.5, 0.6) is 0 Å². The van der Waals surface area contributed by atoms with E-state index in [9.17, 15) is 4.79 Å². The lowest BCUT2D eigenvalue weighted by molar-refractivity contribution is 0.0942. The van der Waals surface area contributed by atoms with Crippen LogP contribution in [0.2, 0.25) is 0 Å². The van der Waals surface area contributed by atoms with E-state index in [1.165, 1.54) is 5.56 Å². The van der Waals surface area contributed by atoms with E-state index in [-0.39, 0.29) is 11.9 Å². The van der Waals surface area contributed by atoms with E-state index in [4.69, 9.17) is 0 Å². The van der Waals surface area contributed by atoms with Gasteiger partial charge < -0.3 is 5.32 Å². The molecule has 0 saturated carbocycles. The van der Waals surface area contributed by atoms with Crippen molar-refractivity contribution in [1.29, 1.82) is 0 Å². The van der Waals surface area contributed by atoms with E-state index in [0.29, 0.717) is 5.56 Å². The van der Waals surface area contributed by atoms with Gasteiger partial charge in [0, 0.05) is 9.35 Å². The monoisotopic (exact) mass is 399 g/mol. The summed E-state index contributed by atoms with van der Waals surface area (Å²) in [4.78, 5) is 13.9. The third kappa shape index (κ3) is 3.77. The normalized spacial score (nSPS) is 11.9. The molecule has 2 nitrogen and oxygen atoms in total. The summed E-state index contributed by atoms with van der Waals surface area (Å²) in [5.41, 5.74) is 3.03. The predicted octanol–water partition coefficient (Wildman–Crippen LogP) is 5.59. The van der Waals surface area contributed by atoms with Gasteiger partial charge in [0.2, 0.25) is 0 Å². The number of rotatable bonds is 5. The average Bonchev–Trinajstić information content (AvgIpc) is 3.14. The molecule has 24 heavy (non-hydrogen) atoms. The molecule has 0 unspecified atom stereocenters. The molecule has 0 bridgehead atoms. The van der Waals surface area contributed by atoms with Gasteiger partial charge in [-0.25, -0.2) is 0 Å². The van der Waals surface area contributed by atoms with Crippen LogP contribution in [0.3, 0.4) is 0 Å². The van der Waals surface area contributed by atoms with Crippen LogP contribution >= 0.6 is 27.3 Å². The van der Waals surface area contributed by atoms with Crippen molar-refractivity contribution in [3.8, 4) is 0 Å². The summed E-state index contributed by atoms with van der Waals surface area (Å²) in [5.74, 6) is -0.0829. The van der Waals surface area contributed by atoms with Gasteiger partial charge in [0.1, 0.15) is 0 Å². The van der Waals surface area contributed by atoms with Crippen LogP contribution in [-0.4, -0.2) is 5.91 Å². The summed E-state index contributed by atoms with van der Waals surface area (Å²) < 4.78 is 0.800. The second-order valence-corrected chi connectivity index (χ2v) is 7.33. The van der Waals surface area contributed by atoms with Crippen LogP contribution < -0.4 is 5.32 Å². The molecule has 0 aliphatic rings. The topological polar surface area (TPSA) is 29.1 Å². The average molecular weight is 400 g/mol. The van der Waals surface area contributed by atoms with E-state index in [1.807, 2.05) is 35.7 Å². The largest absolute Gasteiger partial charge is 0.340 e. The molecule has 0 radical (unpaired) electrons. The number of amides is 1. The highest BCUT2D eigenvalue weighted by atomic mass is 79.9. The fourth-order valence-corrected chi connectivity index (χ4v) is 3.84.